The highest BCUT2D eigenvalue weighted by atomic mass is 79.9. The van der Waals surface area contributed by atoms with Crippen molar-refractivity contribution in [2.24, 2.45) is 5.73 Å². The van der Waals surface area contributed by atoms with Crippen LogP contribution in [0.2, 0.25) is 0 Å². The molecule has 0 spiro atoms. The van der Waals surface area contributed by atoms with Gasteiger partial charge in [0, 0.05) is 0 Å². The highest BCUT2D eigenvalue weighted by molar-refractivity contribution is 9.10. The predicted molar refractivity (Wildman–Crippen MR) is 57.1 cm³/mol. The number of nitrogens with two attached hydrogens (primary N) is 1. The van der Waals surface area contributed by atoms with Gasteiger partial charge in [-0.25, -0.2) is 0 Å². The number of benzene rings is 1. The van der Waals surface area contributed by atoms with Gasteiger partial charge < -0.3 is 5.73 Å². The van der Waals surface area contributed by atoms with E-state index in [0.29, 0.717) is 5.56 Å². The molecule has 0 fully saturated rings. The summed E-state index contributed by atoms with van der Waals surface area (Å²) >= 11 is 3.04. The number of amides is 1. The van der Waals surface area contributed by atoms with Crippen LogP contribution in [0.3, 0.4) is 0 Å². The summed E-state index contributed by atoms with van der Waals surface area (Å²) in [6.45, 7) is 0. The highest BCUT2D eigenvalue weighted by Gasteiger charge is 2.30. The van der Waals surface area contributed by atoms with Crippen molar-refractivity contribution in [1.82, 2.24) is 0 Å². The molecule has 1 aromatic carbocycles. The largest absolute Gasteiger partial charge is 0.416 e. The fraction of sp³-hybridized carbons (Fsp3) is 0.300. The second-order valence-electron chi connectivity index (χ2n) is 3.27. The van der Waals surface area contributed by atoms with Crippen LogP contribution >= 0.6 is 15.9 Å². The number of primary amides is 1. The molecule has 0 heterocycles. The first-order valence-electron chi connectivity index (χ1n) is 4.40. The van der Waals surface area contributed by atoms with Gasteiger partial charge >= 0.3 is 6.18 Å². The molecule has 1 atom stereocenters. The quantitative estimate of drug-likeness (QED) is 0.856. The van der Waals surface area contributed by atoms with E-state index in [4.69, 9.17) is 5.73 Å². The first-order valence-corrected chi connectivity index (χ1v) is 5.32. The molecule has 1 amide bonds. The second-order valence-corrected chi connectivity index (χ2v) is 4.37. The summed E-state index contributed by atoms with van der Waals surface area (Å²) in [6.07, 6.45) is -4.07. The zero-order chi connectivity index (χ0) is 12.3. The van der Waals surface area contributed by atoms with Gasteiger partial charge in [0.1, 0.15) is 0 Å². The minimum Gasteiger partial charge on any atom is -0.369 e. The summed E-state index contributed by atoms with van der Waals surface area (Å²) in [5.74, 6) is -0.542. The normalized spacial score (nSPS) is 13.5. The lowest BCUT2D eigenvalue weighted by Gasteiger charge is -2.09. The molecule has 0 saturated heterocycles. The molecule has 1 rings (SSSR count). The summed E-state index contributed by atoms with van der Waals surface area (Å²) in [5.41, 5.74) is 4.93. The fourth-order valence-electron chi connectivity index (χ4n) is 1.14. The highest BCUT2D eigenvalue weighted by Crippen LogP contribution is 2.29. The molecule has 0 aromatic heterocycles. The van der Waals surface area contributed by atoms with E-state index in [1.54, 1.807) is 0 Å². The van der Waals surface area contributed by atoms with Gasteiger partial charge in [-0.1, -0.05) is 28.1 Å². The molecule has 0 aliphatic rings. The molecule has 0 aliphatic carbocycles. The summed E-state index contributed by atoms with van der Waals surface area (Å²) in [5, 5.41) is 0. The van der Waals surface area contributed by atoms with E-state index < -0.39 is 22.5 Å². The third-order valence-corrected chi connectivity index (χ3v) is 2.78. The lowest BCUT2D eigenvalue weighted by Crippen LogP contribution is -2.24. The summed E-state index contributed by atoms with van der Waals surface area (Å²) in [4.78, 5) is 10.2. The van der Waals surface area contributed by atoms with Gasteiger partial charge in [-0.05, 0) is 24.1 Å². The Morgan fingerprint density at radius 1 is 1.31 bits per heavy atom. The van der Waals surface area contributed by atoms with Gasteiger partial charge in [-0.15, -0.1) is 0 Å². The van der Waals surface area contributed by atoms with E-state index >= 15 is 0 Å². The number of halogens is 4. The van der Waals surface area contributed by atoms with Crippen LogP contribution in [0.5, 0.6) is 0 Å². The molecule has 0 aliphatic heterocycles. The zero-order valence-electron chi connectivity index (χ0n) is 8.09. The molecule has 16 heavy (non-hydrogen) atoms. The van der Waals surface area contributed by atoms with Crippen molar-refractivity contribution in [2.45, 2.75) is 17.4 Å². The fourth-order valence-corrected chi connectivity index (χ4v) is 1.51. The lowest BCUT2D eigenvalue weighted by atomic mass is 10.1. The van der Waals surface area contributed by atoms with Crippen molar-refractivity contribution < 1.29 is 18.0 Å². The van der Waals surface area contributed by atoms with Crippen LogP contribution in [0.15, 0.2) is 24.3 Å². The molecule has 6 heteroatoms. The number of hydrogen-bond donors (Lipinski definition) is 1. The van der Waals surface area contributed by atoms with Gasteiger partial charge in [0.2, 0.25) is 5.91 Å². The summed E-state index contributed by atoms with van der Waals surface area (Å²) in [6, 6.07) is 4.63. The Morgan fingerprint density at radius 2 is 1.81 bits per heavy atom. The Bertz CT molecular complexity index is 375. The summed E-state index contributed by atoms with van der Waals surface area (Å²) < 4.78 is 36.7. The molecule has 0 unspecified atom stereocenters. The predicted octanol–water partition coefficient (Wildman–Crippen LogP) is 2.50. The van der Waals surface area contributed by atoms with E-state index in [2.05, 4.69) is 15.9 Å². The maximum absolute atomic E-state index is 12.2. The van der Waals surface area contributed by atoms with Crippen molar-refractivity contribution >= 4 is 21.8 Å². The first kappa shape index (κ1) is 13.0. The van der Waals surface area contributed by atoms with E-state index in [1.165, 1.54) is 12.1 Å². The Labute approximate surface area is 98.8 Å². The third kappa shape index (κ3) is 3.52. The lowest BCUT2D eigenvalue weighted by molar-refractivity contribution is -0.137. The van der Waals surface area contributed by atoms with Crippen LogP contribution < -0.4 is 5.73 Å². The van der Waals surface area contributed by atoms with Crippen molar-refractivity contribution in [1.29, 1.82) is 0 Å². The molecule has 2 N–H and O–H groups in total. The summed E-state index contributed by atoms with van der Waals surface area (Å²) in [7, 11) is 0. The van der Waals surface area contributed by atoms with Crippen LogP contribution in [0, 0.1) is 0 Å². The smallest absolute Gasteiger partial charge is 0.369 e. The second kappa shape index (κ2) is 4.86. The molecular formula is C10H9BrF3NO. The SMILES string of the molecule is NC(=O)[C@@H](Br)Cc1ccc(C(F)(F)F)cc1. The third-order valence-electron chi connectivity index (χ3n) is 2.00. The van der Waals surface area contributed by atoms with Gasteiger partial charge in [0.15, 0.2) is 0 Å². The van der Waals surface area contributed by atoms with Crippen LogP contribution in [0.25, 0.3) is 0 Å². The average molecular weight is 296 g/mol. The van der Waals surface area contributed by atoms with Gasteiger partial charge in [0.05, 0.1) is 10.4 Å². The Balaban J connectivity index is 2.76. The van der Waals surface area contributed by atoms with Crippen LogP contribution in [0.4, 0.5) is 13.2 Å². The van der Waals surface area contributed by atoms with Crippen LogP contribution in [0.1, 0.15) is 11.1 Å². The van der Waals surface area contributed by atoms with E-state index in [-0.39, 0.29) is 6.42 Å². The average Bonchev–Trinajstić information content (AvgIpc) is 2.17. The number of alkyl halides is 4. The Hall–Kier alpha value is -1.04. The van der Waals surface area contributed by atoms with Gasteiger partial charge in [0.25, 0.3) is 0 Å². The maximum Gasteiger partial charge on any atom is 0.416 e. The molecule has 0 bridgehead atoms. The molecule has 1 aromatic rings. The maximum atomic E-state index is 12.2. The van der Waals surface area contributed by atoms with Crippen molar-refractivity contribution in [3.8, 4) is 0 Å². The first-order chi connectivity index (χ1) is 7.30. The number of carbonyl (C=O) groups is 1. The van der Waals surface area contributed by atoms with Crippen LogP contribution in [-0.2, 0) is 17.4 Å². The zero-order valence-corrected chi connectivity index (χ0v) is 9.68. The molecule has 2 nitrogen and oxygen atoms in total. The standard InChI is InChI=1S/C10H9BrF3NO/c11-8(9(15)16)5-6-1-3-7(4-2-6)10(12,13)14/h1-4,8H,5H2,(H2,15,16)/t8-/m0/s1. The monoisotopic (exact) mass is 295 g/mol. The van der Waals surface area contributed by atoms with E-state index in [9.17, 15) is 18.0 Å². The van der Waals surface area contributed by atoms with E-state index in [1.807, 2.05) is 0 Å². The minimum atomic E-state index is -4.34. The Kier molecular flexibility index (Phi) is 3.96. The topological polar surface area (TPSA) is 43.1 Å². The molecule has 0 saturated carbocycles. The molecule has 88 valence electrons. The van der Waals surface area contributed by atoms with Crippen molar-refractivity contribution in [3.05, 3.63) is 35.4 Å². The van der Waals surface area contributed by atoms with Gasteiger partial charge in [-0.2, -0.15) is 13.2 Å². The van der Waals surface area contributed by atoms with Gasteiger partial charge in [-0.3, -0.25) is 4.79 Å². The van der Waals surface area contributed by atoms with Crippen LogP contribution in [-0.4, -0.2) is 10.7 Å². The number of carbonyl (C=O) groups excluding carboxylic acids is 1. The minimum absolute atomic E-state index is 0.271. The van der Waals surface area contributed by atoms with Crippen molar-refractivity contribution in [3.63, 3.8) is 0 Å². The Morgan fingerprint density at radius 3 is 2.19 bits per heavy atom. The molecule has 0 radical (unpaired) electrons. The molecular weight excluding hydrogens is 287 g/mol. The number of rotatable bonds is 3. The number of hydrogen-bond acceptors (Lipinski definition) is 1. The van der Waals surface area contributed by atoms with E-state index in [0.717, 1.165) is 12.1 Å². The van der Waals surface area contributed by atoms with Crippen molar-refractivity contribution in [2.75, 3.05) is 0 Å².